The smallest absolute Gasteiger partial charge is 0.249 e. The number of hydrogen-bond acceptors (Lipinski definition) is 5. The Morgan fingerprint density at radius 2 is 1.72 bits per heavy atom. The molecule has 186 valence electrons. The zero-order chi connectivity index (χ0) is 25.7. The molecule has 36 heavy (non-hydrogen) atoms. The molecule has 0 saturated heterocycles. The molecule has 2 amide bonds. The number of aryl methyl sites for hydroxylation is 3. The minimum absolute atomic E-state index is 0.0683. The van der Waals surface area contributed by atoms with Crippen molar-refractivity contribution in [2.45, 2.75) is 33.4 Å². The topological polar surface area (TPSA) is 89.4 Å². The molecule has 0 unspecified atom stereocenters. The quantitative estimate of drug-likeness (QED) is 0.363. The summed E-state index contributed by atoms with van der Waals surface area (Å²) in [6.45, 7) is 6.59. The maximum absolute atomic E-state index is 14.0. The van der Waals surface area contributed by atoms with E-state index in [1.54, 1.807) is 16.7 Å². The van der Waals surface area contributed by atoms with E-state index in [-0.39, 0.29) is 18.4 Å². The standard InChI is InChI=1S/C28H31N5O3/c1-19-13-14-22(17-21(19)3)33(26(34)18-32-25-12-8-7-11-24(25)30-31-32)27(28(35)29-15-16-36-4)23-10-6-5-9-20(23)2/h5-14,17,27H,15-16,18H2,1-4H3,(H,29,35)/t27-/m1/s1. The third-order valence-corrected chi connectivity index (χ3v) is 6.34. The SMILES string of the molecule is COCCNC(=O)[C@@H](c1ccccc1C)N(C(=O)Cn1nnc2ccccc21)c1ccc(C)c(C)c1. The first-order chi connectivity index (χ1) is 17.4. The maximum Gasteiger partial charge on any atom is 0.249 e. The van der Waals surface area contributed by atoms with Crippen LogP contribution < -0.4 is 10.2 Å². The van der Waals surface area contributed by atoms with Crippen LogP contribution in [-0.2, 0) is 20.9 Å². The highest BCUT2D eigenvalue weighted by atomic mass is 16.5. The Kier molecular flexibility index (Phi) is 7.75. The summed E-state index contributed by atoms with van der Waals surface area (Å²) >= 11 is 0. The number of aromatic nitrogens is 3. The lowest BCUT2D eigenvalue weighted by atomic mass is 9.97. The monoisotopic (exact) mass is 485 g/mol. The molecule has 1 N–H and O–H groups in total. The average Bonchev–Trinajstić information content (AvgIpc) is 3.27. The van der Waals surface area contributed by atoms with Gasteiger partial charge in [-0.05, 0) is 67.3 Å². The summed E-state index contributed by atoms with van der Waals surface area (Å²) in [5, 5.41) is 11.3. The van der Waals surface area contributed by atoms with Crippen LogP contribution in [0.2, 0.25) is 0 Å². The number of ether oxygens (including phenoxy) is 1. The number of benzene rings is 3. The van der Waals surface area contributed by atoms with Crippen LogP contribution in [0.3, 0.4) is 0 Å². The van der Waals surface area contributed by atoms with E-state index < -0.39 is 6.04 Å². The molecule has 0 spiro atoms. The summed E-state index contributed by atoms with van der Waals surface area (Å²) in [4.78, 5) is 29.3. The zero-order valence-corrected chi connectivity index (χ0v) is 21.1. The molecule has 0 saturated carbocycles. The van der Waals surface area contributed by atoms with Gasteiger partial charge in [0, 0.05) is 19.3 Å². The van der Waals surface area contributed by atoms with E-state index in [9.17, 15) is 9.59 Å². The van der Waals surface area contributed by atoms with Crippen LogP contribution in [0.1, 0.15) is 28.3 Å². The van der Waals surface area contributed by atoms with E-state index >= 15 is 0 Å². The molecular weight excluding hydrogens is 454 g/mol. The minimum Gasteiger partial charge on any atom is -0.383 e. The van der Waals surface area contributed by atoms with Crippen LogP contribution in [0.25, 0.3) is 11.0 Å². The van der Waals surface area contributed by atoms with Crippen molar-refractivity contribution >= 4 is 28.5 Å². The van der Waals surface area contributed by atoms with Crippen molar-refractivity contribution in [2.24, 2.45) is 0 Å². The van der Waals surface area contributed by atoms with Gasteiger partial charge in [0.25, 0.3) is 0 Å². The summed E-state index contributed by atoms with van der Waals surface area (Å²) < 4.78 is 6.69. The van der Waals surface area contributed by atoms with Gasteiger partial charge in [0.1, 0.15) is 18.1 Å². The van der Waals surface area contributed by atoms with Crippen LogP contribution in [-0.4, -0.2) is 47.1 Å². The normalized spacial score (nSPS) is 11.9. The molecule has 1 atom stereocenters. The Bertz CT molecular complexity index is 1380. The molecule has 4 aromatic rings. The molecule has 8 nitrogen and oxygen atoms in total. The fraction of sp³-hybridized carbons (Fsp3) is 0.286. The highest BCUT2D eigenvalue weighted by Crippen LogP contribution is 2.31. The van der Waals surface area contributed by atoms with Crippen molar-refractivity contribution in [3.8, 4) is 0 Å². The molecule has 1 aromatic heterocycles. The Labute approximate surface area is 210 Å². The Hall–Kier alpha value is -4.04. The number of carbonyl (C=O) groups is 2. The second kappa shape index (κ2) is 11.1. The lowest BCUT2D eigenvalue weighted by molar-refractivity contribution is -0.127. The van der Waals surface area contributed by atoms with Crippen LogP contribution in [0.15, 0.2) is 66.7 Å². The van der Waals surface area contributed by atoms with Gasteiger partial charge in [-0.15, -0.1) is 5.10 Å². The molecule has 8 heteroatoms. The van der Waals surface area contributed by atoms with Crippen LogP contribution in [0.4, 0.5) is 5.69 Å². The van der Waals surface area contributed by atoms with E-state index in [0.29, 0.717) is 24.4 Å². The molecule has 0 aliphatic carbocycles. The lowest BCUT2D eigenvalue weighted by Crippen LogP contribution is -2.46. The summed E-state index contributed by atoms with van der Waals surface area (Å²) in [6.07, 6.45) is 0. The van der Waals surface area contributed by atoms with Gasteiger partial charge in [-0.1, -0.05) is 47.7 Å². The molecule has 0 aliphatic rings. The Balaban J connectivity index is 1.81. The average molecular weight is 486 g/mol. The number of nitrogens with zero attached hydrogens (tertiary/aromatic N) is 4. The number of rotatable bonds is 9. The Morgan fingerprint density at radius 3 is 2.47 bits per heavy atom. The largest absolute Gasteiger partial charge is 0.383 e. The van der Waals surface area contributed by atoms with Gasteiger partial charge in [-0.2, -0.15) is 0 Å². The minimum atomic E-state index is -0.882. The summed E-state index contributed by atoms with van der Waals surface area (Å²) in [5.41, 5.74) is 5.89. The Morgan fingerprint density at radius 1 is 0.972 bits per heavy atom. The van der Waals surface area contributed by atoms with Crippen molar-refractivity contribution in [2.75, 3.05) is 25.2 Å². The zero-order valence-electron chi connectivity index (χ0n) is 21.1. The lowest BCUT2D eigenvalue weighted by Gasteiger charge is -2.32. The highest BCUT2D eigenvalue weighted by Gasteiger charge is 2.34. The molecule has 0 fully saturated rings. The second-order valence-electron chi connectivity index (χ2n) is 8.81. The molecule has 0 bridgehead atoms. The molecule has 0 aliphatic heterocycles. The summed E-state index contributed by atoms with van der Waals surface area (Å²) in [5.74, 6) is -0.555. The van der Waals surface area contributed by atoms with E-state index in [1.165, 1.54) is 0 Å². The second-order valence-corrected chi connectivity index (χ2v) is 8.81. The van der Waals surface area contributed by atoms with E-state index in [0.717, 1.165) is 27.8 Å². The number of amides is 2. The first kappa shape index (κ1) is 25.1. The van der Waals surface area contributed by atoms with E-state index in [2.05, 4.69) is 15.6 Å². The van der Waals surface area contributed by atoms with Crippen molar-refractivity contribution in [1.82, 2.24) is 20.3 Å². The van der Waals surface area contributed by atoms with Gasteiger partial charge in [-0.25, -0.2) is 4.68 Å². The highest BCUT2D eigenvalue weighted by molar-refractivity contribution is 6.01. The number of methoxy groups -OCH3 is 1. The molecule has 3 aromatic carbocycles. The van der Waals surface area contributed by atoms with Gasteiger partial charge in [0.2, 0.25) is 11.8 Å². The van der Waals surface area contributed by atoms with Crippen molar-refractivity contribution in [1.29, 1.82) is 0 Å². The molecule has 1 heterocycles. The van der Waals surface area contributed by atoms with Crippen LogP contribution in [0, 0.1) is 20.8 Å². The summed E-state index contributed by atoms with van der Waals surface area (Å²) in [7, 11) is 1.58. The summed E-state index contributed by atoms with van der Waals surface area (Å²) in [6, 6.07) is 20.0. The maximum atomic E-state index is 14.0. The van der Waals surface area contributed by atoms with E-state index in [1.807, 2.05) is 87.5 Å². The molecule has 4 rings (SSSR count). The van der Waals surface area contributed by atoms with Crippen molar-refractivity contribution in [3.05, 3.63) is 89.0 Å². The van der Waals surface area contributed by atoms with Crippen LogP contribution >= 0.6 is 0 Å². The number of hydrogen-bond donors (Lipinski definition) is 1. The van der Waals surface area contributed by atoms with Gasteiger partial charge < -0.3 is 10.1 Å². The van der Waals surface area contributed by atoms with E-state index in [4.69, 9.17) is 4.74 Å². The number of nitrogens with one attached hydrogen (secondary N) is 1. The van der Waals surface area contributed by atoms with Crippen molar-refractivity contribution in [3.63, 3.8) is 0 Å². The number of fused-ring (bicyclic) bond motifs is 1. The van der Waals surface area contributed by atoms with Gasteiger partial charge in [0.05, 0.1) is 12.1 Å². The first-order valence-electron chi connectivity index (χ1n) is 11.9. The first-order valence-corrected chi connectivity index (χ1v) is 11.9. The molecule has 0 radical (unpaired) electrons. The number of anilines is 1. The van der Waals surface area contributed by atoms with Gasteiger partial charge in [0.15, 0.2) is 0 Å². The van der Waals surface area contributed by atoms with Crippen molar-refractivity contribution < 1.29 is 14.3 Å². The van der Waals surface area contributed by atoms with Crippen LogP contribution in [0.5, 0.6) is 0 Å². The number of para-hydroxylation sites is 1. The predicted molar refractivity (Wildman–Crippen MR) is 140 cm³/mol. The van der Waals surface area contributed by atoms with Gasteiger partial charge >= 0.3 is 0 Å². The fourth-order valence-electron chi connectivity index (χ4n) is 4.22. The third kappa shape index (κ3) is 5.28. The third-order valence-electron chi connectivity index (χ3n) is 6.34. The number of carbonyl (C=O) groups excluding carboxylic acids is 2. The van der Waals surface area contributed by atoms with Gasteiger partial charge in [-0.3, -0.25) is 14.5 Å². The fourth-order valence-corrected chi connectivity index (χ4v) is 4.22. The predicted octanol–water partition coefficient (Wildman–Crippen LogP) is 3.89. The molecular formula is C28H31N5O3.